The first-order chi connectivity index (χ1) is 4.81. The zero-order valence-electron chi connectivity index (χ0n) is 5.97. The van der Waals surface area contributed by atoms with E-state index in [1.54, 1.807) is 0 Å². The summed E-state index contributed by atoms with van der Waals surface area (Å²) in [5.41, 5.74) is 0. The number of alkyl halides is 2. The van der Waals surface area contributed by atoms with Crippen molar-refractivity contribution in [1.29, 1.82) is 0 Å². The Kier molecular flexibility index (Phi) is 1.92. The quantitative estimate of drug-likeness (QED) is 0.674. The van der Waals surface area contributed by atoms with Crippen molar-refractivity contribution < 1.29 is 17.2 Å². The maximum absolute atomic E-state index is 12.4. The van der Waals surface area contributed by atoms with Gasteiger partial charge in [0.25, 0.3) is 5.92 Å². The van der Waals surface area contributed by atoms with Crippen molar-refractivity contribution in [2.75, 3.05) is 6.26 Å². The molecule has 66 valence electrons. The van der Waals surface area contributed by atoms with E-state index < -0.39 is 22.0 Å². The van der Waals surface area contributed by atoms with Gasteiger partial charge in [0.2, 0.25) is 10.0 Å². The third-order valence-corrected chi connectivity index (χ3v) is 2.35. The van der Waals surface area contributed by atoms with Crippen LogP contribution in [0.2, 0.25) is 0 Å². The molecule has 0 aromatic carbocycles. The summed E-state index contributed by atoms with van der Waals surface area (Å²) in [4.78, 5) is 0. The molecule has 3 nitrogen and oxygen atoms in total. The average molecular weight is 185 g/mol. The molecular weight excluding hydrogens is 176 g/mol. The van der Waals surface area contributed by atoms with E-state index in [9.17, 15) is 17.2 Å². The first-order valence-corrected chi connectivity index (χ1v) is 5.05. The summed E-state index contributed by atoms with van der Waals surface area (Å²) < 4.78 is 47.6. The van der Waals surface area contributed by atoms with Crippen LogP contribution in [0.1, 0.15) is 12.8 Å². The van der Waals surface area contributed by atoms with Crippen LogP contribution < -0.4 is 4.72 Å². The van der Waals surface area contributed by atoms with E-state index in [0.29, 0.717) is 0 Å². The largest absolute Gasteiger partial charge is 0.264 e. The van der Waals surface area contributed by atoms with Gasteiger partial charge < -0.3 is 0 Å². The van der Waals surface area contributed by atoms with E-state index in [0.717, 1.165) is 6.26 Å². The van der Waals surface area contributed by atoms with E-state index >= 15 is 0 Å². The molecule has 1 fully saturated rings. The van der Waals surface area contributed by atoms with Crippen LogP contribution in [0.3, 0.4) is 0 Å². The van der Waals surface area contributed by atoms with Gasteiger partial charge in [0.05, 0.1) is 12.3 Å². The fourth-order valence-electron chi connectivity index (χ4n) is 0.910. The third kappa shape index (κ3) is 2.10. The highest BCUT2D eigenvalue weighted by atomic mass is 32.2. The molecule has 0 amide bonds. The van der Waals surface area contributed by atoms with Crippen LogP contribution in [-0.4, -0.2) is 26.6 Å². The smallest absolute Gasteiger partial charge is 0.213 e. The summed E-state index contributed by atoms with van der Waals surface area (Å²) in [6, 6.07) is -1.18. The van der Waals surface area contributed by atoms with E-state index in [2.05, 4.69) is 0 Å². The Hall–Kier alpha value is -0.230. The first-order valence-electron chi connectivity index (χ1n) is 3.16. The zero-order chi connectivity index (χ0) is 8.70. The summed E-state index contributed by atoms with van der Waals surface area (Å²) in [6.07, 6.45) is 0.877. The molecule has 0 aliphatic heterocycles. The molecule has 0 bridgehead atoms. The molecule has 0 aromatic heterocycles. The van der Waals surface area contributed by atoms with Gasteiger partial charge in [-0.3, -0.25) is 0 Å². The number of nitrogens with one attached hydrogen (secondary N) is 1. The Balaban J connectivity index is 2.53. The SMILES string of the molecule is CS(=O)(=O)NC1CCC1(F)F. The van der Waals surface area contributed by atoms with Gasteiger partial charge in [-0.1, -0.05) is 0 Å². The van der Waals surface area contributed by atoms with E-state index in [1.165, 1.54) is 0 Å². The number of sulfonamides is 1. The minimum atomic E-state index is -3.49. The topological polar surface area (TPSA) is 46.2 Å². The summed E-state index contributed by atoms with van der Waals surface area (Å²) >= 11 is 0. The normalized spacial score (nSPS) is 29.5. The van der Waals surface area contributed by atoms with Crippen LogP contribution in [0.15, 0.2) is 0 Å². The van der Waals surface area contributed by atoms with Gasteiger partial charge in [-0.25, -0.2) is 21.9 Å². The lowest BCUT2D eigenvalue weighted by molar-refractivity contribution is -0.0978. The monoisotopic (exact) mass is 185 g/mol. The van der Waals surface area contributed by atoms with Crippen molar-refractivity contribution in [1.82, 2.24) is 4.72 Å². The van der Waals surface area contributed by atoms with Gasteiger partial charge >= 0.3 is 0 Å². The minimum absolute atomic E-state index is 0.222. The highest BCUT2D eigenvalue weighted by Crippen LogP contribution is 2.37. The molecule has 1 N–H and O–H groups in total. The minimum Gasteiger partial charge on any atom is -0.213 e. The standard InChI is InChI=1S/C5H9F2NO2S/c1-11(9,10)8-4-2-3-5(4,6)7/h4,8H,2-3H2,1H3. The van der Waals surface area contributed by atoms with Crippen LogP contribution >= 0.6 is 0 Å². The molecule has 0 radical (unpaired) electrons. The van der Waals surface area contributed by atoms with Crippen LogP contribution in [-0.2, 0) is 10.0 Å². The molecule has 6 heteroatoms. The van der Waals surface area contributed by atoms with E-state index in [-0.39, 0.29) is 12.8 Å². The molecule has 1 atom stereocenters. The lowest BCUT2D eigenvalue weighted by Gasteiger charge is -2.35. The van der Waals surface area contributed by atoms with Crippen LogP contribution in [0.4, 0.5) is 8.78 Å². The van der Waals surface area contributed by atoms with Crippen LogP contribution in [0.25, 0.3) is 0 Å². The maximum atomic E-state index is 12.4. The molecule has 0 aromatic rings. The highest BCUT2D eigenvalue weighted by molar-refractivity contribution is 7.88. The lowest BCUT2D eigenvalue weighted by Crippen LogP contribution is -2.54. The molecule has 0 spiro atoms. The Morgan fingerprint density at radius 3 is 2.18 bits per heavy atom. The molecular formula is C5H9F2NO2S. The first kappa shape index (κ1) is 8.86. The summed E-state index contributed by atoms with van der Waals surface area (Å²) in [6.45, 7) is 0. The molecule has 11 heavy (non-hydrogen) atoms. The maximum Gasteiger partial charge on any atom is 0.264 e. The zero-order valence-corrected chi connectivity index (χ0v) is 6.79. The van der Waals surface area contributed by atoms with Crippen molar-refractivity contribution in [3.05, 3.63) is 0 Å². The molecule has 1 aliphatic carbocycles. The van der Waals surface area contributed by atoms with Gasteiger partial charge in [0, 0.05) is 6.42 Å². The summed E-state index contributed by atoms with van der Waals surface area (Å²) in [7, 11) is -3.49. The molecule has 0 saturated heterocycles. The van der Waals surface area contributed by atoms with Crippen LogP contribution in [0.5, 0.6) is 0 Å². The van der Waals surface area contributed by atoms with E-state index in [4.69, 9.17) is 0 Å². The van der Waals surface area contributed by atoms with Gasteiger partial charge in [0.15, 0.2) is 0 Å². The second-order valence-electron chi connectivity index (χ2n) is 2.74. The molecule has 1 aliphatic rings. The second-order valence-corrected chi connectivity index (χ2v) is 4.52. The van der Waals surface area contributed by atoms with Gasteiger partial charge in [-0.05, 0) is 6.42 Å². The second kappa shape index (κ2) is 2.38. The molecule has 0 heterocycles. The average Bonchev–Trinajstić information content (AvgIpc) is 1.79. The summed E-state index contributed by atoms with van der Waals surface area (Å²) in [5.74, 6) is -2.84. The van der Waals surface area contributed by atoms with Crippen molar-refractivity contribution in [2.45, 2.75) is 24.8 Å². The Morgan fingerprint density at radius 1 is 1.55 bits per heavy atom. The van der Waals surface area contributed by atoms with Crippen molar-refractivity contribution in [3.63, 3.8) is 0 Å². The molecule has 1 rings (SSSR count). The van der Waals surface area contributed by atoms with Gasteiger partial charge in [-0.15, -0.1) is 0 Å². The van der Waals surface area contributed by atoms with Crippen molar-refractivity contribution in [2.24, 2.45) is 0 Å². The van der Waals surface area contributed by atoms with Crippen LogP contribution in [0, 0.1) is 0 Å². The predicted molar refractivity (Wildman–Crippen MR) is 35.9 cm³/mol. The highest BCUT2D eigenvalue weighted by Gasteiger charge is 2.49. The summed E-state index contributed by atoms with van der Waals surface area (Å²) in [5, 5.41) is 0. The Labute approximate surface area is 63.8 Å². The molecule has 1 unspecified atom stereocenters. The van der Waals surface area contributed by atoms with E-state index in [1.807, 2.05) is 4.72 Å². The predicted octanol–water partition coefficient (Wildman–Crippen LogP) is 0.333. The van der Waals surface area contributed by atoms with Gasteiger partial charge in [-0.2, -0.15) is 0 Å². The van der Waals surface area contributed by atoms with Crippen molar-refractivity contribution in [3.8, 4) is 0 Å². The number of halogens is 2. The fourth-order valence-corrected chi connectivity index (χ4v) is 1.72. The number of hydrogen-bond acceptors (Lipinski definition) is 2. The van der Waals surface area contributed by atoms with Crippen molar-refractivity contribution >= 4 is 10.0 Å². The fraction of sp³-hybridized carbons (Fsp3) is 1.00. The Bertz CT molecular complexity index is 249. The third-order valence-electron chi connectivity index (χ3n) is 1.63. The number of rotatable bonds is 2. The Morgan fingerprint density at radius 2 is 2.09 bits per heavy atom. The van der Waals surface area contributed by atoms with Gasteiger partial charge in [0.1, 0.15) is 0 Å². The lowest BCUT2D eigenvalue weighted by atomic mass is 9.89. The molecule has 1 saturated carbocycles. The number of hydrogen-bond donors (Lipinski definition) is 1.